The van der Waals surface area contributed by atoms with E-state index < -0.39 is 0 Å². The van der Waals surface area contributed by atoms with Gasteiger partial charge in [0.05, 0.1) is 0 Å². The van der Waals surface area contributed by atoms with E-state index >= 15 is 0 Å². The van der Waals surface area contributed by atoms with E-state index in [1.54, 1.807) is 0 Å². The molecule has 2 aliphatic rings. The molecule has 1 N–H and O–H groups in total. The van der Waals surface area contributed by atoms with Gasteiger partial charge in [-0.15, -0.1) is 0 Å². The Kier molecular flexibility index (Phi) is 3.68. The molecular formula is C13H26N2. The van der Waals surface area contributed by atoms with Crippen LogP contribution in [0.25, 0.3) is 0 Å². The minimum Gasteiger partial charge on any atom is -0.314 e. The van der Waals surface area contributed by atoms with Crippen LogP contribution in [0.3, 0.4) is 0 Å². The zero-order valence-electron chi connectivity index (χ0n) is 10.5. The Bertz CT molecular complexity index is 201. The van der Waals surface area contributed by atoms with Crippen LogP contribution in [0.15, 0.2) is 0 Å². The second-order valence-electron chi connectivity index (χ2n) is 5.93. The Balaban J connectivity index is 1.65. The van der Waals surface area contributed by atoms with Crippen molar-refractivity contribution in [1.29, 1.82) is 0 Å². The fourth-order valence-electron chi connectivity index (χ4n) is 2.76. The molecule has 1 saturated carbocycles. The minimum atomic E-state index is 0.804. The van der Waals surface area contributed by atoms with Crippen molar-refractivity contribution < 1.29 is 0 Å². The number of likely N-dealkylation sites (tertiary alicyclic amines) is 1. The van der Waals surface area contributed by atoms with Crippen LogP contribution in [0.4, 0.5) is 0 Å². The van der Waals surface area contributed by atoms with Crippen molar-refractivity contribution in [3.05, 3.63) is 0 Å². The van der Waals surface area contributed by atoms with Gasteiger partial charge in [0.25, 0.3) is 0 Å². The van der Waals surface area contributed by atoms with Crippen molar-refractivity contribution in [1.82, 2.24) is 10.2 Å². The normalized spacial score (nSPS) is 34.6. The number of hydrogen-bond acceptors (Lipinski definition) is 2. The summed E-state index contributed by atoms with van der Waals surface area (Å²) in [6.45, 7) is 10.9. The third-order valence-electron chi connectivity index (χ3n) is 3.79. The first-order valence-electron chi connectivity index (χ1n) is 6.62. The van der Waals surface area contributed by atoms with Gasteiger partial charge >= 0.3 is 0 Å². The lowest BCUT2D eigenvalue weighted by molar-refractivity contribution is 0.226. The highest BCUT2D eigenvalue weighted by Gasteiger charge is 2.27. The van der Waals surface area contributed by atoms with E-state index in [2.05, 4.69) is 31.0 Å². The fraction of sp³-hybridized carbons (Fsp3) is 1.00. The summed E-state index contributed by atoms with van der Waals surface area (Å²) >= 11 is 0. The summed E-state index contributed by atoms with van der Waals surface area (Å²) in [4.78, 5) is 2.67. The lowest BCUT2D eigenvalue weighted by Gasteiger charge is -2.25. The van der Waals surface area contributed by atoms with Gasteiger partial charge in [-0.3, -0.25) is 0 Å². The number of rotatable bonds is 5. The van der Waals surface area contributed by atoms with E-state index in [1.165, 1.54) is 38.9 Å². The molecule has 0 radical (unpaired) electrons. The Morgan fingerprint density at radius 3 is 2.60 bits per heavy atom. The predicted molar refractivity (Wildman–Crippen MR) is 65.0 cm³/mol. The number of nitrogens with zero attached hydrogens (tertiary/aromatic N) is 1. The average Bonchev–Trinajstić information content (AvgIpc) is 2.92. The molecule has 0 aromatic heterocycles. The highest BCUT2D eigenvalue weighted by Crippen LogP contribution is 2.23. The zero-order valence-corrected chi connectivity index (χ0v) is 10.5. The second kappa shape index (κ2) is 4.84. The van der Waals surface area contributed by atoms with Crippen LogP contribution in [-0.4, -0.2) is 36.6 Å². The summed E-state index contributed by atoms with van der Waals surface area (Å²) in [6, 6.07) is 1.67. The lowest BCUT2D eigenvalue weighted by atomic mass is 10.1. The Morgan fingerprint density at radius 1 is 1.33 bits per heavy atom. The zero-order chi connectivity index (χ0) is 10.8. The van der Waals surface area contributed by atoms with Crippen molar-refractivity contribution in [2.45, 2.75) is 52.1 Å². The third-order valence-corrected chi connectivity index (χ3v) is 3.79. The first-order valence-corrected chi connectivity index (χ1v) is 6.62. The molecule has 2 fully saturated rings. The standard InChI is InChI=1S/C13H26N2/c1-10-6-12(3)15(8-10)9-11(2)7-14-13-4-5-13/h10-14H,4-9H2,1-3H3. The molecule has 2 rings (SSSR count). The smallest absolute Gasteiger partial charge is 0.00701 e. The molecule has 15 heavy (non-hydrogen) atoms. The van der Waals surface area contributed by atoms with Crippen LogP contribution in [0.5, 0.6) is 0 Å². The molecule has 0 bridgehead atoms. The van der Waals surface area contributed by atoms with Crippen molar-refractivity contribution in [2.75, 3.05) is 19.6 Å². The predicted octanol–water partition coefficient (Wildman–Crippen LogP) is 2.10. The van der Waals surface area contributed by atoms with Gasteiger partial charge in [0.15, 0.2) is 0 Å². The van der Waals surface area contributed by atoms with Gasteiger partial charge in [0, 0.05) is 25.2 Å². The molecule has 0 amide bonds. The van der Waals surface area contributed by atoms with Crippen LogP contribution in [0, 0.1) is 11.8 Å². The molecule has 1 aliphatic heterocycles. The molecule has 0 aromatic carbocycles. The van der Waals surface area contributed by atoms with Crippen LogP contribution in [0.1, 0.15) is 40.0 Å². The average molecular weight is 210 g/mol. The molecule has 3 unspecified atom stereocenters. The summed E-state index contributed by atoms with van der Waals surface area (Å²) in [5.74, 6) is 1.71. The molecule has 1 saturated heterocycles. The molecule has 1 aliphatic carbocycles. The van der Waals surface area contributed by atoms with E-state index in [0.717, 1.165) is 23.9 Å². The monoisotopic (exact) mass is 210 g/mol. The van der Waals surface area contributed by atoms with E-state index in [0.29, 0.717) is 0 Å². The topological polar surface area (TPSA) is 15.3 Å². The van der Waals surface area contributed by atoms with Crippen LogP contribution >= 0.6 is 0 Å². The summed E-state index contributed by atoms with van der Waals surface area (Å²) in [5, 5.41) is 3.63. The maximum atomic E-state index is 3.63. The van der Waals surface area contributed by atoms with Crippen LogP contribution in [0.2, 0.25) is 0 Å². The first-order chi connectivity index (χ1) is 7.15. The maximum Gasteiger partial charge on any atom is 0.00701 e. The van der Waals surface area contributed by atoms with Crippen molar-refractivity contribution in [2.24, 2.45) is 11.8 Å². The molecule has 2 heteroatoms. The molecular weight excluding hydrogens is 184 g/mol. The van der Waals surface area contributed by atoms with Crippen molar-refractivity contribution >= 4 is 0 Å². The quantitative estimate of drug-likeness (QED) is 0.747. The fourth-order valence-corrected chi connectivity index (χ4v) is 2.76. The van der Waals surface area contributed by atoms with Gasteiger partial charge in [-0.2, -0.15) is 0 Å². The maximum absolute atomic E-state index is 3.63. The summed E-state index contributed by atoms with van der Waals surface area (Å²) in [6.07, 6.45) is 4.20. The van der Waals surface area contributed by atoms with Gasteiger partial charge in [-0.25, -0.2) is 0 Å². The van der Waals surface area contributed by atoms with E-state index in [-0.39, 0.29) is 0 Å². The minimum absolute atomic E-state index is 0.804. The van der Waals surface area contributed by atoms with Gasteiger partial charge in [-0.05, 0) is 44.6 Å². The molecule has 3 atom stereocenters. The lowest BCUT2D eigenvalue weighted by Crippen LogP contribution is -2.36. The highest BCUT2D eigenvalue weighted by molar-refractivity contribution is 4.84. The first kappa shape index (κ1) is 11.4. The SMILES string of the molecule is CC(CNC1CC1)CN1CC(C)CC1C. The summed E-state index contributed by atoms with van der Waals surface area (Å²) in [5.41, 5.74) is 0. The Morgan fingerprint density at radius 2 is 2.07 bits per heavy atom. The largest absolute Gasteiger partial charge is 0.314 e. The van der Waals surface area contributed by atoms with Gasteiger partial charge in [0.2, 0.25) is 0 Å². The summed E-state index contributed by atoms with van der Waals surface area (Å²) in [7, 11) is 0. The van der Waals surface area contributed by atoms with Crippen LogP contribution in [-0.2, 0) is 0 Å². The molecule has 2 nitrogen and oxygen atoms in total. The van der Waals surface area contributed by atoms with E-state index in [1.807, 2.05) is 0 Å². The molecule has 1 heterocycles. The van der Waals surface area contributed by atoms with Gasteiger partial charge in [-0.1, -0.05) is 13.8 Å². The Hall–Kier alpha value is -0.0800. The summed E-state index contributed by atoms with van der Waals surface area (Å²) < 4.78 is 0. The second-order valence-corrected chi connectivity index (χ2v) is 5.93. The number of nitrogens with one attached hydrogen (secondary N) is 1. The van der Waals surface area contributed by atoms with Crippen molar-refractivity contribution in [3.63, 3.8) is 0 Å². The Labute approximate surface area is 94.4 Å². The highest BCUT2D eigenvalue weighted by atomic mass is 15.2. The molecule has 0 aromatic rings. The molecule has 88 valence electrons. The number of hydrogen-bond donors (Lipinski definition) is 1. The van der Waals surface area contributed by atoms with E-state index in [4.69, 9.17) is 0 Å². The van der Waals surface area contributed by atoms with Crippen molar-refractivity contribution in [3.8, 4) is 0 Å². The molecule has 0 spiro atoms. The van der Waals surface area contributed by atoms with Gasteiger partial charge in [0.1, 0.15) is 0 Å². The van der Waals surface area contributed by atoms with Crippen LogP contribution < -0.4 is 5.32 Å². The van der Waals surface area contributed by atoms with Gasteiger partial charge < -0.3 is 10.2 Å². The third kappa shape index (κ3) is 3.46. The van der Waals surface area contributed by atoms with E-state index in [9.17, 15) is 0 Å².